The van der Waals surface area contributed by atoms with E-state index in [9.17, 15) is 8.42 Å². The molecule has 0 aliphatic carbocycles. The van der Waals surface area contributed by atoms with Crippen LogP contribution in [0.25, 0.3) is 0 Å². The van der Waals surface area contributed by atoms with Gasteiger partial charge in [-0.25, -0.2) is 8.42 Å². The van der Waals surface area contributed by atoms with Crippen molar-refractivity contribution in [3.8, 4) is 0 Å². The van der Waals surface area contributed by atoms with E-state index in [4.69, 9.17) is 5.11 Å². The lowest BCUT2D eigenvalue weighted by atomic mass is 10.1. The van der Waals surface area contributed by atoms with Crippen LogP contribution in [0.4, 0.5) is 0 Å². The van der Waals surface area contributed by atoms with Gasteiger partial charge in [-0.2, -0.15) is 0 Å². The van der Waals surface area contributed by atoms with E-state index in [1.54, 1.807) is 0 Å². The molecule has 0 fully saturated rings. The second kappa shape index (κ2) is 5.46. The van der Waals surface area contributed by atoms with E-state index >= 15 is 0 Å². The van der Waals surface area contributed by atoms with Gasteiger partial charge in [-0.15, -0.1) is 0 Å². The molecule has 1 N–H and O–H groups in total. The molecule has 0 bridgehead atoms. The number of aryl methyl sites for hydroxylation is 2. The van der Waals surface area contributed by atoms with E-state index in [1.807, 2.05) is 32.0 Å². The maximum atomic E-state index is 11.6. The number of aliphatic hydroxyl groups excluding tert-OH is 1. The third-order valence-corrected chi connectivity index (χ3v) is 4.26. The Morgan fingerprint density at radius 3 is 2.44 bits per heavy atom. The summed E-state index contributed by atoms with van der Waals surface area (Å²) in [7, 11) is -3.09. The van der Waals surface area contributed by atoms with E-state index < -0.39 is 9.84 Å². The molecule has 90 valence electrons. The first-order valence-corrected chi connectivity index (χ1v) is 7.14. The van der Waals surface area contributed by atoms with Gasteiger partial charge in [-0.1, -0.05) is 18.2 Å². The summed E-state index contributed by atoms with van der Waals surface area (Å²) in [5.74, 6) is 0.116. The molecule has 0 aliphatic heterocycles. The molecule has 1 rings (SSSR count). The summed E-state index contributed by atoms with van der Waals surface area (Å²) in [5, 5.41) is 8.61. The van der Waals surface area contributed by atoms with Crippen LogP contribution in [-0.2, 0) is 15.6 Å². The van der Waals surface area contributed by atoms with Gasteiger partial charge in [-0.3, -0.25) is 0 Å². The molecule has 4 heteroatoms. The molecular weight excluding hydrogens is 224 g/mol. The molecule has 0 spiro atoms. The van der Waals surface area contributed by atoms with Crippen molar-refractivity contribution in [3.05, 3.63) is 34.9 Å². The molecule has 0 unspecified atom stereocenters. The van der Waals surface area contributed by atoms with Crippen LogP contribution in [0.2, 0.25) is 0 Å². The maximum absolute atomic E-state index is 11.6. The minimum atomic E-state index is -3.09. The number of hydrogen-bond acceptors (Lipinski definition) is 3. The van der Waals surface area contributed by atoms with Crippen molar-refractivity contribution in [2.24, 2.45) is 0 Å². The summed E-state index contributed by atoms with van der Waals surface area (Å²) in [5.41, 5.74) is 3.09. The van der Waals surface area contributed by atoms with Crippen molar-refractivity contribution in [2.75, 3.05) is 12.4 Å². The van der Waals surface area contributed by atoms with Crippen molar-refractivity contribution < 1.29 is 13.5 Å². The zero-order valence-corrected chi connectivity index (χ0v) is 10.5. The molecule has 0 radical (unpaired) electrons. The van der Waals surface area contributed by atoms with Crippen molar-refractivity contribution in [2.45, 2.75) is 26.0 Å². The zero-order chi connectivity index (χ0) is 12.2. The van der Waals surface area contributed by atoms with Crippen LogP contribution in [0.1, 0.15) is 23.1 Å². The van der Waals surface area contributed by atoms with E-state index in [-0.39, 0.29) is 18.1 Å². The molecule has 0 aliphatic rings. The van der Waals surface area contributed by atoms with Crippen LogP contribution in [0.3, 0.4) is 0 Å². The SMILES string of the molecule is Cc1ccc(CS(=O)(=O)CCCO)cc1C. The molecule has 0 saturated carbocycles. The second-order valence-corrected chi connectivity index (χ2v) is 6.27. The van der Waals surface area contributed by atoms with Crippen molar-refractivity contribution in [1.29, 1.82) is 0 Å². The van der Waals surface area contributed by atoms with Crippen LogP contribution in [0, 0.1) is 13.8 Å². The lowest BCUT2D eigenvalue weighted by molar-refractivity contribution is 0.295. The van der Waals surface area contributed by atoms with Crippen molar-refractivity contribution >= 4 is 9.84 Å². The normalized spacial score (nSPS) is 11.7. The van der Waals surface area contributed by atoms with Gasteiger partial charge in [-0.05, 0) is 37.0 Å². The van der Waals surface area contributed by atoms with Crippen LogP contribution >= 0.6 is 0 Å². The van der Waals surface area contributed by atoms with E-state index in [1.165, 1.54) is 0 Å². The van der Waals surface area contributed by atoms with Gasteiger partial charge in [0.2, 0.25) is 0 Å². The van der Waals surface area contributed by atoms with Gasteiger partial charge in [0.15, 0.2) is 9.84 Å². The first kappa shape index (κ1) is 13.2. The average molecular weight is 242 g/mol. The molecule has 0 amide bonds. The number of hydrogen-bond donors (Lipinski definition) is 1. The summed E-state index contributed by atoms with van der Waals surface area (Å²) in [6, 6.07) is 5.69. The minimum Gasteiger partial charge on any atom is -0.396 e. The quantitative estimate of drug-likeness (QED) is 0.853. The molecule has 0 atom stereocenters. The second-order valence-electron chi connectivity index (χ2n) is 4.09. The van der Waals surface area contributed by atoms with Gasteiger partial charge >= 0.3 is 0 Å². The van der Waals surface area contributed by atoms with Crippen LogP contribution in [0.5, 0.6) is 0 Å². The highest BCUT2D eigenvalue weighted by atomic mass is 32.2. The van der Waals surface area contributed by atoms with Crippen LogP contribution in [0.15, 0.2) is 18.2 Å². The third kappa shape index (κ3) is 3.94. The fourth-order valence-corrected chi connectivity index (χ4v) is 2.90. The largest absolute Gasteiger partial charge is 0.396 e. The van der Waals surface area contributed by atoms with Gasteiger partial charge < -0.3 is 5.11 Å². The topological polar surface area (TPSA) is 54.4 Å². The molecule has 16 heavy (non-hydrogen) atoms. The summed E-state index contributed by atoms with van der Waals surface area (Å²) >= 11 is 0. The average Bonchev–Trinajstić information content (AvgIpc) is 2.20. The molecule has 0 saturated heterocycles. The fraction of sp³-hybridized carbons (Fsp3) is 0.500. The predicted octanol–water partition coefficient (Wildman–Crippen LogP) is 1.60. The molecule has 1 aromatic carbocycles. The van der Waals surface area contributed by atoms with E-state index in [0.717, 1.165) is 16.7 Å². The Morgan fingerprint density at radius 2 is 1.88 bits per heavy atom. The Balaban J connectivity index is 2.76. The Kier molecular flexibility index (Phi) is 4.50. The van der Waals surface area contributed by atoms with Gasteiger partial charge in [0, 0.05) is 6.61 Å². The lowest BCUT2D eigenvalue weighted by Crippen LogP contribution is -2.10. The number of sulfone groups is 1. The van der Waals surface area contributed by atoms with E-state index in [0.29, 0.717) is 6.42 Å². The molecule has 3 nitrogen and oxygen atoms in total. The standard InChI is InChI=1S/C12H18O3S/c1-10-4-5-12(8-11(10)2)9-16(14,15)7-3-6-13/h4-5,8,13H,3,6-7,9H2,1-2H3. The van der Waals surface area contributed by atoms with Crippen LogP contribution in [-0.4, -0.2) is 25.9 Å². The Hall–Kier alpha value is -0.870. The first-order chi connectivity index (χ1) is 7.44. The Morgan fingerprint density at radius 1 is 1.19 bits per heavy atom. The fourth-order valence-electron chi connectivity index (χ4n) is 1.50. The van der Waals surface area contributed by atoms with Gasteiger partial charge in [0.25, 0.3) is 0 Å². The Labute approximate surface area is 97.0 Å². The van der Waals surface area contributed by atoms with Gasteiger partial charge in [0.1, 0.15) is 0 Å². The minimum absolute atomic E-state index is 0.0520. The summed E-state index contributed by atoms with van der Waals surface area (Å²) in [6.07, 6.45) is 0.313. The van der Waals surface area contributed by atoms with Crippen LogP contribution < -0.4 is 0 Å². The van der Waals surface area contributed by atoms with Crippen molar-refractivity contribution in [1.82, 2.24) is 0 Å². The lowest BCUT2D eigenvalue weighted by Gasteiger charge is -2.06. The predicted molar refractivity (Wildman–Crippen MR) is 65.1 cm³/mol. The Bertz CT molecular complexity index is 449. The highest BCUT2D eigenvalue weighted by Gasteiger charge is 2.11. The molecule has 0 heterocycles. The number of aliphatic hydroxyl groups is 1. The monoisotopic (exact) mass is 242 g/mol. The maximum Gasteiger partial charge on any atom is 0.154 e. The smallest absolute Gasteiger partial charge is 0.154 e. The number of benzene rings is 1. The first-order valence-electron chi connectivity index (χ1n) is 5.32. The van der Waals surface area contributed by atoms with Gasteiger partial charge in [0.05, 0.1) is 11.5 Å². The molecule has 0 aromatic heterocycles. The highest BCUT2D eigenvalue weighted by molar-refractivity contribution is 7.90. The third-order valence-electron chi connectivity index (χ3n) is 2.57. The highest BCUT2D eigenvalue weighted by Crippen LogP contribution is 2.13. The summed E-state index contributed by atoms with van der Waals surface area (Å²) < 4.78 is 23.3. The zero-order valence-electron chi connectivity index (χ0n) is 9.73. The molecule has 1 aromatic rings. The van der Waals surface area contributed by atoms with Crippen molar-refractivity contribution in [3.63, 3.8) is 0 Å². The summed E-state index contributed by atoms with van der Waals surface area (Å²) in [6.45, 7) is 3.89. The van der Waals surface area contributed by atoms with E-state index in [2.05, 4.69) is 0 Å². The number of rotatable bonds is 5. The molecular formula is C12H18O3S. The summed E-state index contributed by atoms with van der Waals surface area (Å²) in [4.78, 5) is 0.